The number of nitrogens with zero attached hydrogens (tertiary/aromatic N) is 5. The van der Waals surface area contributed by atoms with Crippen molar-refractivity contribution in [2.24, 2.45) is 17.1 Å². The number of benzene rings is 1. The fraction of sp³-hybridized carbons (Fsp3) is 0.548. The molecule has 1 unspecified atom stereocenters. The zero-order valence-electron chi connectivity index (χ0n) is 24.5. The van der Waals surface area contributed by atoms with E-state index >= 15 is 4.39 Å². The molecule has 1 aliphatic carbocycles. The molecular formula is C31H36FN7O5. The van der Waals surface area contributed by atoms with E-state index in [1.165, 1.54) is 12.3 Å². The van der Waals surface area contributed by atoms with Crippen molar-refractivity contribution in [2.45, 2.75) is 63.5 Å². The lowest BCUT2D eigenvalue weighted by Gasteiger charge is -2.55. The van der Waals surface area contributed by atoms with Crippen molar-refractivity contribution >= 4 is 35.2 Å². The van der Waals surface area contributed by atoms with Crippen LogP contribution in [0.3, 0.4) is 0 Å². The smallest absolute Gasteiger partial charge is 0.262 e. The first kappa shape index (κ1) is 28.6. The molecule has 1 aromatic carbocycles. The highest BCUT2D eigenvalue weighted by atomic mass is 19.1. The summed E-state index contributed by atoms with van der Waals surface area (Å²) in [6, 6.07) is 1.79. The number of nitrogens with two attached hydrogens (primary N) is 1. The fourth-order valence-electron chi connectivity index (χ4n) is 7.80. The average molecular weight is 606 g/mol. The summed E-state index contributed by atoms with van der Waals surface area (Å²) < 4.78 is 17.2. The number of carbonyl (C=O) groups excluding carboxylic acids is 5. The van der Waals surface area contributed by atoms with Gasteiger partial charge in [0.25, 0.3) is 17.7 Å². The molecule has 3 N–H and O–H groups in total. The van der Waals surface area contributed by atoms with Gasteiger partial charge in [0.15, 0.2) is 0 Å². The summed E-state index contributed by atoms with van der Waals surface area (Å²) >= 11 is 0. The zero-order chi connectivity index (χ0) is 30.7. The molecular weight excluding hydrogens is 569 g/mol. The average Bonchev–Trinajstić information content (AvgIpc) is 3.57. The number of anilines is 1. The summed E-state index contributed by atoms with van der Waals surface area (Å²) in [6.07, 6.45) is 9.72. The highest BCUT2D eigenvalue weighted by molar-refractivity contribution is 6.23. The first-order valence-electron chi connectivity index (χ1n) is 15.5. The molecule has 3 saturated heterocycles. The summed E-state index contributed by atoms with van der Waals surface area (Å²) in [7, 11) is 0. The molecule has 1 saturated carbocycles. The monoisotopic (exact) mass is 605 g/mol. The number of amides is 5. The van der Waals surface area contributed by atoms with E-state index in [9.17, 15) is 24.0 Å². The van der Waals surface area contributed by atoms with E-state index in [1.807, 2.05) is 9.58 Å². The third-order valence-corrected chi connectivity index (χ3v) is 10.4. The van der Waals surface area contributed by atoms with Crippen LogP contribution in [0.4, 0.5) is 10.1 Å². The highest BCUT2D eigenvalue weighted by Gasteiger charge is 2.48. The zero-order valence-corrected chi connectivity index (χ0v) is 24.5. The molecule has 7 rings (SSSR count). The van der Waals surface area contributed by atoms with Crippen molar-refractivity contribution in [2.75, 3.05) is 37.6 Å². The Hall–Kier alpha value is -4.13. The molecule has 1 atom stereocenters. The number of hydrogen-bond acceptors (Lipinski definition) is 8. The summed E-state index contributed by atoms with van der Waals surface area (Å²) in [6.45, 7) is 4.44. The van der Waals surface area contributed by atoms with E-state index in [0.717, 1.165) is 69.1 Å². The number of hydrogen-bond donors (Lipinski definition) is 2. The maximum atomic E-state index is 15.3. The lowest BCUT2D eigenvalue weighted by atomic mass is 9.71. The number of fused-ring (bicyclic) bond motifs is 1. The maximum Gasteiger partial charge on any atom is 0.262 e. The van der Waals surface area contributed by atoms with Gasteiger partial charge in [-0.15, -0.1) is 0 Å². The van der Waals surface area contributed by atoms with Gasteiger partial charge < -0.3 is 15.5 Å². The van der Waals surface area contributed by atoms with Crippen LogP contribution in [0.5, 0.6) is 0 Å². The second kappa shape index (κ2) is 10.8. The molecule has 4 aliphatic heterocycles. The van der Waals surface area contributed by atoms with Crippen LogP contribution < -0.4 is 16.0 Å². The lowest BCUT2D eigenvalue weighted by molar-refractivity contribution is -0.136. The van der Waals surface area contributed by atoms with Gasteiger partial charge >= 0.3 is 0 Å². The quantitative estimate of drug-likeness (QED) is 0.474. The number of piperidine rings is 2. The summed E-state index contributed by atoms with van der Waals surface area (Å²) in [5.74, 6) is -2.84. The van der Waals surface area contributed by atoms with E-state index in [-0.39, 0.29) is 29.4 Å². The number of likely N-dealkylation sites (tertiary alicyclic amines) is 1. The number of halogens is 1. The predicted molar refractivity (Wildman–Crippen MR) is 155 cm³/mol. The van der Waals surface area contributed by atoms with Crippen LogP contribution in [0.2, 0.25) is 0 Å². The molecule has 4 fully saturated rings. The van der Waals surface area contributed by atoms with Gasteiger partial charge in [0, 0.05) is 37.7 Å². The van der Waals surface area contributed by atoms with Crippen LogP contribution in [0.1, 0.15) is 88.5 Å². The van der Waals surface area contributed by atoms with Crippen LogP contribution in [-0.2, 0) is 9.59 Å². The largest absolute Gasteiger partial charge is 0.368 e. The van der Waals surface area contributed by atoms with Gasteiger partial charge in [-0.25, -0.2) is 4.39 Å². The number of nitrogens with one attached hydrogen (secondary N) is 1. The molecule has 0 radical (unpaired) electrons. The molecule has 12 nitrogen and oxygen atoms in total. The second-order valence-electron chi connectivity index (χ2n) is 13.2. The number of imide groups is 2. The van der Waals surface area contributed by atoms with Gasteiger partial charge in [0.05, 0.1) is 34.6 Å². The molecule has 2 aromatic rings. The van der Waals surface area contributed by atoms with Crippen LogP contribution in [0, 0.1) is 17.2 Å². The molecule has 44 heavy (non-hydrogen) atoms. The third kappa shape index (κ3) is 4.96. The van der Waals surface area contributed by atoms with Crippen LogP contribution in [-0.4, -0.2) is 87.9 Å². The Morgan fingerprint density at radius 1 is 1.00 bits per heavy atom. The number of rotatable bonds is 6. The minimum Gasteiger partial charge on any atom is -0.368 e. The van der Waals surface area contributed by atoms with Gasteiger partial charge in [0.2, 0.25) is 11.8 Å². The Balaban J connectivity index is 0.918. The standard InChI is InChI=1S/C31H36FN7O5/c32-23-11-21-22(30(44)39(29(21)43)24-5-6-26(40)35-28(24)42)12-25(23)37-16-31(17-37)7-9-36(10-8-31)14-18-1-3-20(4-2-18)38-15-19(13-34-38)27(33)41/h11-13,15,18,20,24H,1-10,14,16-17H2,(H2,33,41)(H,35,40,42). The van der Waals surface area contributed by atoms with Crippen LogP contribution in [0.15, 0.2) is 24.5 Å². The lowest BCUT2D eigenvalue weighted by Crippen LogP contribution is -2.61. The number of primary amides is 1. The van der Waals surface area contributed by atoms with Crippen molar-refractivity contribution in [3.05, 3.63) is 47.0 Å². The van der Waals surface area contributed by atoms with E-state index in [4.69, 9.17) is 5.73 Å². The van der Waals surface area contributed by atoms with Gasteiger partial charge in [-0.3, -0.25) is 38.9 Å². The van der Waals surface area contributed by atoms with E-state index in [2.05, 4.69) is 15.3 Å². The van der Waals surface area contributed by atoms with Crippen molar-refractivity contribution in [3.63, 3.8) is 0 Å². The van der Waals surface area contributed by atoms with E-state index in [1.54, 1.807) is 6.20 Å². The molecule has 13 heteroatoms. The van der Waals surface area contributed by atoms with E-state index < -0.39 is 41.4 Å². The van der Waals surface area contributed by atoms with E-state index in [0.29, 0.717) is 36.3 Å². The maximum absolute atomic E-state index is 15.3. The second-order valence-corrected chi connectivity index (χ2v) is 13.2. The molecule has 5 heterocycles. The Kier molecular flexibility index (Phi) is 7.02. The van der Waals surface area contributed by atoms with Gasteiger partial charge in [-0.1, -0.05) is 0 Å². The number of aromatic nitrogens is 2. The third-order valence-electron chi connectivity index (χ3n) is 10.4. The summed E-state index contributed by atoms with van der Waals surface area (Å²) in [5.41, 5.74) is 6.28. The molecule has 5 aliphatic rings. The topological polar surface area (TPSA) is 151 Å². The SMILES string of the molecule is NC(=O)c1cnn(C2CCC(CN3CCC4(CC3)CN(c3cc5c(cc3F)C(=O)N(C3CCC(=O)NC3=O)C5=O)C4)CC2)c1. The predicted octanol–water partition coefficient (Wildman–Crippen LogP) is 1.86. The molecule has 0 bridgehead atoms. The number of carbonyl (C=O) groups is 5. The van der Waals surface area contributed by atoms with Crippen molar-refractivity contribution < 1.29 is 28.4 Å². The minimum atomic E-state index is -1.08. The van der Waals surface area contributed by atoms with Gasteiger partial charge in [-0.05, 0) is 76.1 Å². The Morgan fingerprint density at radius 3 is 2.32 bits per heavy atom. The Labute approximate surface area is 253 Å². The first-order chi connectivity index (χ1) is 21.1. The van der Waals surface area contributed by atoms with Gasteiger partial charge in [0.1, 0.15) is 11.9 Å². The molecule has 1 spiro atoms. The van der Waals surface area contributed by atoms with Crippen LogP contribution in [0.25, 0.3) is 0 Å². The highest BCUT2D eigenvalue weighted by Crippen LogP contribution is 2.45. The molecule has 232 valence electrons. The van der Waals surface area contributed by atoms with Crippen molar-refractivity contribution in [1.29, 1.82) is 0 Å². The fourth-order valence-corrected chi connectivity index (χ4v) is 7.80. The van der Waals surface area contributed by atoms with Crippen molar-refractivity contribution in [1.82, 2.24) is 24.9 Å². The normalized spacial score (nSPS) is 27.0. The van der Waals surface area contributed by atoms with Crippen molar-refractivity contribution in [3.8, 4) is 0 Å². The molecule has 1 aromatic heterocycles. The summed E-state index contributed by atoms with van der Waals surface area (Å²) in [4.78, 5) is 66.8. The Morgan fingerprint density at radius 2 is 1.68 bits per heavy atom. The van der Waals surface area contributed by atoms with Crippen LogP contribution >= 0.6 is 0 Å². The molecule has 5 amide bonds. The summed E-state index contributed by atoms with van der Waals surface area (Å²) in [5, 5.41) is 6.52. The minimum absolute atomic E-state index is 0.0320. The first-order valence-corrected chi connectivity index (χ1v) is 15.5. The Bertz CT molecular complexity index is 1550. The van der Waals surface area contributed by atoms with Gasteiger partial charge in [-0.2, -0.15) is 5.10 Å².